The van der Waals surface area contributed by atoms with Crippen molar-refractivity contribution in [3.05, 3.63) is 66.2 Å². The first-order valence-electron chi connectivity index (χ1n) is 9.06. The van der Waals surface area contributed by atoms with E-state index in [1.54, 1.807) is 6.20 Å². The summed E-state index contributed by atoms with van der Waals surface area (Å²) >= 11 is 0. The zero-order chi connectivity index (χ0) is 19.6. The van der Waals surface area contributed by atoms with Gasteiger partial charge in [0.2, 0.25) is 10.0 Å². The van der Waals surface area contributed by atoms with Crippen LogP contribution in [-0.2, 0) is 16.6 Å². The van der Waals surface area contributed by atoms with E-state index in [1.165, 1.54) is 6.26 Å². The Morgan fingerprint density at radius 3 is 2.75 bits per heavy atom. The molecule has 0 bridgehead atoms. The molecule has 2 atom stereocenters. The number of H-pyrrole nitrogens is 1. The summed E-state index contributed by atoms with van der Waals surface area (Å²) in [6.45, 7) is 1.25. The fraction of sp³-hybridized carbons (Fsp3) is 0.316. The van der Waals surface area contributed by atoms with Crippen molar-refractivity contribution in [2.45, 2.75) is 25.0 Å². The van der Waals surface area contributed by atoms with Gasteiger partial charge in [0.25, 0.3) is 0 Å². The number of hydrogen-bond donors (Lipinski definition) is 2. The Morgan fingerprint density at radius 2 is 2.04 bits per heavy atom. The fourth-order valence-corrected chi connectivity index (χ4v) is 4.39. The van der Waals surface area contributed by atoms with Crippen LogP contribution in [0.25, 0.3) is 11.4 Å². The monoisotopic (exact) mass is 398 g/mol. The second kappa shape index (κ2) is 7.78. The summed E-state index contributed by atoms with van der Waals surface area (Å²) in [7, 11) is -3.28. The number of likely N-dealkylation sites (tertiary alicyclic amines) is 1. The number of hydrogen-bond acceptors (Lipinski definition) is 6. The standard InChI is InChI=1S/C19H22N6O2S/c1-28(26,27)24-16-10-17(25(13-16)12-14-6-5-9-20-11-14)19-21-18(22-23-19)15-7-3-2-4-8-15/h2-9,11,16-17,24H,10,12-13H2,1H3,(H,21,22,23)/t16-,17-/m0/s1. The van der Waals surface area contributed by atoms with Crippen LogP contribution in [0.15, 0.2) is 54.9 Å². The molecule has 9 heteroatoms. The normalized spacial score (nSPS) is 20.5. The molecule has 0 spiro atoms. The second-order valence-electron chi connectivity index (χ2n) is 7.04. The molecule has 1 saturated heterocycles. The van der Waals surface area contributed by atoms with Crippen molar-refractivity contribution in [1.82, 2.24) is 29.8 Å². The topological polar surface area (TPSA) is 104 Å². The molecular formula is C19H22N6O2S. The van der Waals surface area contributed by atoms with Crippen LogP contribution in [0.1, 0.15) is 23.9 Å². The number of aromatic amines is 1. The number of sulfonamides is 1. The lowest BCUT2D eigenvalue weighted by Gasteiger charge is -2.22. The van der Waals surface area contributed by atoms with Crippen LogP contribution in [0.4, 0.5) is 0 Å². The molecule has 0 amide bonds. The molecule has 3 aromatic rings. The molecule has 0 aliphatic carbocycles. The van der Waals surface area contributed by atoms with E-state index >= 15 is 0 Å². The lowest BCUT2D eigenvalue weighted by atomic mass is 10.1. The summed E-state index contributed by atoms with van der Waals surface area (Å²) < 4.78 is 26.1. The average molecular weight is 398 g/mol. The van der Waals surface area contributed by atoms with Gasteiger partial charge >= 0.3 is 0 Å². The van der Waals surface area contributed by atoms with Gasteiger partial charge in [-0.2, -0.15) is 5.10 Å². The van der Waals surface area contributed by atoms with Crippen LogP contribution in [0, 0.1) is 0 Å². The minimum absolute atomic E-state index is 0.0654. The van der Waals surface area contributed by atoms with E-state index in [2.05, 4.69) is 29.8 Å². The van der Waals surface area contributed by atoms with Crippen LogP contribution in [-0.4, -0.2) is 52.3 Å². The van der Waals surface area contributed by atoms with Crippen molar-refractivity contribution in [2.24, 2.45) is 0 Å². The molecule has 1 fully saturated rings. The van der Waals surface area contributed by atoms with Gasteiger partial charge in [-0.3, -0.25) is 15.0 Å². The molecule has 8 nitrogen and oxygen atoms in total. The molecular weight excluding hydrogens is 376 g/mol. The molecule has 3 heterocycles. The highest BCUT2D eigenvalue weighted by Crippen LogP contribution is 2.32. The highest BCUT2D eigenvalue weighted by molar-refractivity contribution is 7.88. The Morgan fingerprint density at radius 1 is 1.21 bits per heavy atom. The first-order chi connectivity index (χ1) is 13.5. The predicted octanol–water partition coefficient (Wildman–Crippen LogP) is 1.73. The highest BCUT2D eigenvalue weighted by atomic mass is 32.2. The summed E-state index contributed by atoms with van der Waals surface area (Å²) in [4.78, 5) is 11.1. The van der Waals surface area contributed by atoms with E-state index < -0.39 is 10.0 Å². The summed E-state index contributed by atoms with van der Waals surface area (Å²) in [6, 6.07) is 13.4. The highest BCUT2D eigenvalue weighted by Gasteiger charge is 2.36. The van der Waals surface area contributed by atoms with Crippen molar-refractivity contribution in [1.29, 1.82) is 0 Å². The van der Waals surface area contributed by atoms with E-state index in [0.717, 1.165) is 17.0 Å². The molecule has 0 unspecified atom stereocenters. The maximum absolute atomic E-state index is 11.7. The number of pyridine rings is 1. The SMILES string of the molecule is CS(=O)(=O)N[C@H]1C[C@@H](c2nc(-c3ccccc3)n[nH]2)N(Cc2cccnc2)C1. The lowest BCUT2D eigenvalue weighted by molar-refractivity contribution is 0.238. The molecule has 1 aliphatic heterocycles. The van der Waals surface area contributed by atoms with Gasteiger partial charge < -0.3 is 0 Å². The first kappa shape index (κ1) is 18.7. The Hall–Kier alpha value is -2.62. The van der Waals surface area contributed by atoms with E-state index in [4.69, 9.17) is 0 Å². The predicted molar refractivity (Wildman–Crippen MR) is 106 cm³/mol. The van der Waals surface area contributed by atoms with Gasteiger partial charge in [0, 0.05) is 37.1 Å². The van der Waals surface area contributed by atoms with Crippen molar-refractivity contribution in [3.8, 4) is 11.4 Å². The molecule has 2 aromatic heterocycles. The smallest absolute Gasteiger partial charge is 0.208 e. The zero-order valence-electron chi connectivity index (χ0n) is 15.5. The third-order valence-corrected chi connectivity index (χ3v) is 5.50. The Kier molecular flexibility index (Phi) is 5.21. The second-order valence-corrected chi connectivity index (χ2v) is 8.82. The van der Waals surface area contributed by atoms with Gasteiger partial charge in [-0.05, 0) is 18.1 Å². The number of benzene rings is 1. The molecule has 0 radical (unpaired) electrons. The van der Waals surface area contributed by atoms with Crippen molar-refractivity contribution in [2.75, 3.05) is 12.8 Å². The van der Waals surface area contributed by atoms with Crippen LogP contribution >= 0.6 is 0 Å². The first-order valence-corrected chi connectivity index (χ1v) is 10.9. The number of nitrogens with one attached hydrogen (secondary N) is 2. The summed E-state index contributed by atoms with van der Waals surface area (Å²) in [5.74, 6) is 1.37. The Labute approximate surface area is 164 Å². The summed E-state index contributed by atoms with van der Waals surface area (Å²) in [5, 5.41) is 7.41. The largest absolute Gasteiger partial charge is 0.287 e. The molecule has 2 N–H and O–H groups in total. The molecule has 28 heavy (non-hydrogen) atoms. The van der Waals surface area contributed by atoms with E-state index in [0.29, 0.717) is 25.3 Å². The minimum Gasteiger partial charge on any atom is -0.287 e. The zero-order valence-corrected chi connectivity index (χ0v) is 16.3. The van der Waals surface area contributed by atoms with Gasteiger partial charge in [-0.15, -0.1) is 0 Å². The maximum Gasteiger partial charge on any atom is 0.208 e. The summed E-state index contributed by atoms with van der Waals surface area (Å²) in [6.07, 6.45) is 5.37. The number of aromatic nitrogens is 4. The third-order valence-electron chi connectivity index (χ3n) is 4.74. The average Bonchev–Trinajstić information content (AvgIpc) is 3.29. The number of nitrogens with zero attached hydrogens (tertiary/aromatic N) is 4. The Bertz CT molecular complexity index is 1020. The molecule has 1 aromatic carbocycles. The van der Waals surface area contributed by atoms with Gasteiger partial charge in [0.05, 0.1) is 12.3 Å². The van der Waals surface area contributed by atoms with Gasteiger partial charge in [-0.1, -0.05) is 36.4 Å². The maximum atomic E-state index is 11.7. The fourth-order valence-electron chi connectivity index (χ4n) is 3.62. The minimum atomic E-state index is -3.28. The van der Waals surface area contributed by atoms with Crippen molar-refractivity contribution in [3.63, 3.8) is 0 Å². The van der Waals surface area contributed by atoms with Crippen LogP contribution in [0.2, 0.25) is 0 Å². The van der Waals surface area contributed by atoms with E-state index in [1.807, 2.05) is 48.7 Å². The van der Waals surface area contributed by atoms with Crippen LogP contribution in [0.5, 0.6) is 0 Å². The van der Waals surface area contributed by atoms with Crippen LogP contribution < -0.4 is 4.72 Å². The Balaban J connectivity index is 1.59. The van der Waals surface area contributed by atoms with Gasteiger partial charge in [-0.25, -0.2) is 18.1 Å². The van der Waals surface area contributed by atoms with Crippen LogP contribution in [0.3, 0.4) is 0 Å². The van der Waals surface area contributed by atoms with E-state index in [-0.39, 0.29) is 12.1 Å². The van der Waals surface area contributed by atoms with Crippen molar-refractivity contribution >= 4 is 10.0 Å². The third kappa shape index (κ3) is 4.44. The molecule has 0 saturated carbocycles. The molecule has 1 aliphatic rings. The lowest BCUT2D eigenvalue weighted by Crippen LogP contribution is -2.36. The molecule has 146 valence electrons. The quantitative estimate of drug-likeness (QED) is 0.655. The molecule has 4 rings (SSSR count). The van der Waals surface area contributed by atoms with Gasteiger partial charge in [0.15, 0.2) is 5.82 Å². The van der Waals surface area contributed by atoms with Gasteiger partial charge in [0.1, 0.15) is 5.82 Å². The van der Waals surface area contributed by atoms with Crippen molar-refractivity contribution < 1.29 is 8.42 Å². The summed E-state index contributed by atoms with van der Waals surface area (Å²) in [5.41, 5.74) is 2.00. The number of rotatable bonds is 6. The van der Waals surface area contributed by atoms with E-state index in [9.17, 15) is 8.42 Å².